The van der Waals surface area contributed by atoms with Crippen LogP contribution in [0, 0.1) is 0 Å². The maximum atomic E-state index is 12.2. The number of benzene rings is 3. The van der Waals surface area contributed by atoms with Crippen molar-refractivity contribution < 1.29 is 4.79 Å². The molecule has 5 heteroatoms. The van der Waals surface area contributed by atoms with Crippen molar-refractivity contribution in [3.05, 3.63) is 121 Å². The summed E-state index contributed by atoms with van der Waals surface area (Å²) >= 11 is 0. The predicted octanol–water partition coefficient (Wildman–Crippen LogP) is 3.60. The molecule has 0 spiro atoms. The summed E-state index contributed by atoms with van der Waals surface area (Å²) in [5.41, 5.74) is 3.87. The lowest BCUT2D eigenvalue weighted by Crippen LogP contribution is -2.24. The van der Waals surface area contributed by atoms with Crippen molar-refractivity contribution in [3.8, 4) is 0 Å². The molecule has 4 nitrogen and oxygen atoms in total. The molecule has 0 aliphatic rings. The van der Waals surface area contributed by atoms with Crippen molar-refractivity contribution in [1.82, 2.24) is 10.4 Å². The van der Waals surface area contributed by atoms with Gasteiger partial charge >= 0.3 is 0 Å². The van der Waals surface area contributed by atoms with E-state index in [0.29, 0.717) is 5.69 Å². The molecule has 0 aliphatic carbocycles. The molecule has 1 amide bonds. The number of hydrogen-bond acceptors (Lipinski definition) is 3. The Kier molecular flexibility index (Phi) is 6.38. The average molecular weight is 409 g/mol. The van der Waals surface area contributed by atoms with E-state index in [2.05, 4.69) is 70.1 Å². The second kappa shape index (κ2) is 9.73. The summed E-state index contributed by atoms with van der Waals surface area (Å²) in [6.07, 6.45) is 3.29. The van der Waals surface area contributed by atoms with Gasteiger partial charge < -0.3 is 0 Å². The van der Waals surface area contributed by atoms with Crippen molar-refractivity contribution in [2.24, 2.45) is 5.10 Å². The van der Waals surface area contributed by atoms with E-state index in [1.54, 1.807) is 30.6 Å². The first-order valence-electron chi connectivity index (χ1n) is 9.56. The molecule has 30 heavy (non-hydrogen) atoms. The van der Waals surface area contributed by atoms with Gasteiger partial charge in [-0.1, -0.05) is 91.0 Å². The van der Waals surface area contributed by atoms with Crippen LogP contribution in [0.4, 0.5) is 0 Å². The van der Waals surface area contributed by atoms with E-state index in [-0.39, 0.29) is 5.91 Å². The molecule has 0 bridgehead atoms. The third-order valence-corrected chi connectivity index (χ3v) is 6.99. The number of aromatic nitrogens is 1. The van der Waals surface area contributed by atoms with Gasteiger partial charge in [0.2, 0.25) is 0 Å². The largest absolute Gasteiger partial charge is 0.289 e. The van der Waals surface area contributed by atoms with Crippen LogP contribution in [0.1, 0.15) is 16.1 Å². The molecule has 0 aliphatic heterocycles. The maximum absolute atomic E-state index is 12.2. The normalized spacial score (nSPS) is 11.0. The third-order valence-electron chi connectivity index (χ3n) is 4.47. The zero-order valence-electron chi connectivity index (χ0n) is 16.2. The van der Waals surface area contributed by atoms with E-state index < -0.39 is 7.92 Å². The van der Waals surface area contributed by atoms with Gasteiger partial charge in [-0.25, -0.2) is 5.43 Å². The Morgan fingerprint density at radius 2 is 1.37 bits per heavy atom. The van der Waals surface area contributed by atoms with Crippen molar-refractivity contribution in [2.45, 2.75) is 0 Å². The fraction of sp³-hybridized carbons (Fsp3) is 0. The number of nitrogens with one attached hydrogen (secondary N) is 1. The molecule has 3 aromatic carbocycles. The molecular formula is C25H20N3OP. The first kappa shape index (κ1) is 19.7. The zero-order chi connectivity index (χ0) is 20.6. The molecule has 0 unspecified atom stereocenters. The van der Waals surface area contributed by atoms with Gasteiger partial charge in [-0.15, -0.1) is 0 Å². The van der Waals surface area contributed by atoms with Crippen LogP contribution in [0.25, 0.3) is 0 Å². The second-order valence-corrected chi connectivity index (χ2v) is 8.66. The first-order chi connectivity index (χ1) is 14.8. The van der Waals surface area contributed by atoms with Gasteiger partial charge in [0.15, 0.2) is 0 Å². The van der Waals surface area contributed by atoms with Crippen LogP contribution in [0.2, 0.25) is 0 Å². The van der Waals surface area contributed by atoms with Gasteiger partial charge in [0, 0.05) is 11.8 Å². The summed E-state index contributed by atoms with van der Waals surface area (Å²) in [4.78, 5) is 16.3. The van der Waals surface area contributed by atoms with E-state index in [4.69, 9.17) is 0 Å². The van der Waals surface area contributed by atoms with Crippen LogP contribution in [0.15, 0.2) is 114 Å². The Labute approximate surface area is 177 Å². The van der Waals surface area contributed by atoms with Crippen molar-refractivity contribution in [2.75, 3.05) is 0 Å². The van der Waals surface area contributed by atoms with Crippen LogP contribution >= 0.6 is 7.92 Å². The molecule has 0 saturated carbocycles. The van der Waals surface area contributed by atoms with Gasteiger partial charge in [-0.3, -0.25) is 9.78 Å². The number of rotatable bonds is 6. The Morgan fingerprint density at radius 3 is 2.00 bits per heavy atom. The molecule has 4 aromatic rings. The number of pyridine rings is 1. The zero-order valence-corrected chi connectivity index (χ0v) is 17.1. The molecule has 1 aromatic heterocycles. The summed E-state index contributed by atoms with van der Waals surface area (Å²) in [6, 6.07) is 34.4. The van der Waals surface area contributed by atoms with Gasteiger partial charge in [0.1, 0.15) is 5.69 Å². The number of hydrogen-bond donors (Lipinski definition) is 1. The lowest BCUT2D eigenvalue weighted by atomic mass is 10.2. The molecule has 4 rings (SSSR count). The fourth-order valence-corrected chi connectivity index (χ4v) is 5.52. The summed E-state index contributed by atoms with van der Waals surface area (Å²) in [5.74, 6) is -0.335. The maximum Gasteiger partial charge on any atom is 0.289 e. The van der Waals surface area contributed by atoms with Gasteiger partial charge in [-0.2, -0.15) is 5.10 Å². The first-order valence-corrected chi connectivity index (χ1v) is 10.9. The summed E-state index contributed by atoms with van der Waals surface area (Å²) in [5, 5.41) is 7.90. The highest BCUT2D eigenvalue weighted by Crippen LogP contribution is 2.33. The van der Waals surface area contributed by atoms with Crippen LogP contribution in [-0.4, -0.2) is 17.1 Å². The number of carbonyl (C=O) groups is 1. The molecular weight excluding hydrogens is 389 g/mol. The number of hydrazone groups is 1. The SMILES string of the molecule is O=C(N/N=C/c1ccccc1P(c1ccccc1)c1ccccc1)c1ccccn1. The minimum atomic E-state index is -0.759. The highest BCUT2D eigenvalue weighted by molar-refractivity contribution is 7.80. The molecule has 0 atom stereocenters. The highest BCUT2D eigenvalue weighted by Gasteiger charge is 2.18. The monoisotopic (exact) mass is 409 g/mol. The van der Waals surface area contributed by atoms with E-state index in [0.717, 1.165) is 5.56 Å². The summed E-state index contributed by atoms with van der Waals surface area (Å²) in [6.45, 7) is 0. The third kappa shape index (κ3) is 4.68. The minimum absolute atomic E-state index is 0.332. The van der Waals surface area contributed by atoms with E-state index in [1.807, 2.05) is 30.3 Å². The summed E-state index contributed by atoms with van der Waals surface area (Å²) < 4.78 is 0. The van der Waals surface area contributed by atoms with E-state index in [9.17, 15) is 4.79 Å². The minimum Gasteiger partial charge on any atom is -0.266 e. The van der Waals surface area contributed by atoms with E-state index >= 15 is 0 Å². The quantitative estimate of drug-likeness (QED) is 0.301. The standard InChI is InChI=1S/C25H20N3OP/c29-25(23-16-9-10-18-26-23)28-27-19-20-11-7-8-17-24(20)30(21-12-3-1-4-13-21)22-14-5-2-6-15-22/h1-19H,(H,28,29)/b27-19+. The molecule has 1 heterocycles. The lowest BCUT2D eigenvalue weighted by Gasteiger charge is -2.21. The fourth-order valence-electron chi connectivity index (χ4n) is 3.10. The van der Waals surface area contributed by atoms with Crippen LogP contribution in [0.5, 0.6) is 0 Å². The smallest absolute Gasteiger partial charge is 0.266 e. The molecule has 1 N–H and O–H groups in total. The summed E-state index contributed by atoms with van der Waals surface area (Å²) in [7, 11) is -0.759. The highest BCUT2D eigenvalue weighted by atomic mass is 31.1. The molecule has 0 fully saturated rings. The Balaban J connectivity index is 1.66. The number of carbonyl (C=O) groups excluding carboxylic acids is 1. The molecule has 0 saturated heterocycles. The second-order valence-electron chi connectivity index (χ2n) is 6.48. The predicted molar refractivity (Wildman–Crippen MR) is 124 cm³/mol. The number of nitrogens with zero attached hydrogens (tertiary/aromatic N) is 2. The number of amides is 1. The van der Waals surface area contributed by atoms with Crippen LogP contribution < -0.4 is 21.3 Å². The lowest BCUT2D eigenvalue weighted by molar-refractivity contribution is 0.0950. The molecule has 0 radical (unpaired) electrons. The van der Waals surface area contributed by atoms with Crippen molar-refractivity contribution in [3.63, 3.8) is 0 Å². The topological polar surface area (TPSA) is 54.4 Å². The van der Waals surface area contributed by atoms with Gasteiger partial charge in [0.25, 0.3) is 5.91 Å². The van der Waals surface area contributed by atoms with Crippen molar-refractivity contribution in [1.29, 1.82) is 0 Å². The van der Waals surface area contributed by atoms with Crippen LogP contribution in [0.3, 0.4) is 0 Å². The average Bonchev–Trinajstić information content (AvgIpc) is 2.82. The van der Waals surface area contributed by atoms with Crippen molar-refractivity contribution >= 4 is 36.0 Å². The van der Waals surface area contributed by atoms with Gasteiger partial charge in [-0.05, 0) is 36.0 Å². The molecule has 146 valence electrons. The Morgan fingerprint density at radius 1 is 0.767 bits per heavy atom. The van der Waals surface area contributed by atoms with Gasteiger partial charge in [0.05, 0.1) is 6.21 Å². The Bertz CT molecular complexity index is 1090. The van der Waals surface area contributed by atoms with E-state index in [1.165, 1.54) is 15.9 Å². The Hall–Kier alpha value is -3.62. The van der Waals surface area contributed by atoms with Crippen LogP contribution in [-0.2, 0) is 0 Å².